The molecule has 1 aromatic heterocycles. The van der Waals surface area contributed by atoms with Gasteiger partial charge in [0.25, 0.3) is 0 Å². The van der Waals surface area contributed by atoms with Crippen molar-refractivity contribution in [2.45, 2.75) is 12.6 Å². The van der Waals surface area contributed by atoms with Gasteiger partial charge in [0.1, 0.15) is 7.85 Å². The average molecular weight is 280 g/mol. The van der Waals surface area contributed by atoms with Crippen molar-refractivity contribution in [3.63, 3.8) is 0 Å². The molecule has 1 saturated heterocycles. The highest BCUT2D eigenvalue weighted by molar-refractivity contribution is 6.32. The summed E-state index contributed by atoms with van der Waals surface area (Å²) in [5.74, 6) is 0. The fourth-order valence-electron chi connectivity index (χ4n) is 2.55. The molecule has 5 heteroatoms. The van der Waals surface area contributed by atoms with Crippen LogP contribution < -0.4 is 5.46 Å². The molecule has 1 fully saturated rings. The van der Waals surface area contributed by atoms with Crippen molar-refractivity contribution in [1.29, 1.82) is 0 Å². The van der Waals surface area contributed by atoms with E-state index in [0.717, 1.165) is 36.6 Å². The van der Waals surface area contributed by atoms with Crippen LogP contribution in [0.15, 0.2) is 36.4 Å². The quantitative estimate of drug-likeness (QED) is 0.746. The van der Waals surface area contributed by atoms with E-state index in [9.17, 15) is 0 Å². The summed E-state index contributed by atoms with van der Waals surface area (Å²) < 4.78 is 0. The van der Waals surface area contributed by atoms with E-state index in [1.165, 1.54) is 5.46 Å². The summed E-state index contributed by atoms with van der Waals surface area (Å²) in [6.45, 7) is 3.13. The Morgan fingerprint density at radius 1 is 1.10 bits per heavy atom. The van der Waals surface area contributed by atoms with E-state index < -0.39 is 0 Å². The zero-order valence-electron chi connectivity index (χ0n) is 13.0. The van der Waals surface area contributed by atoms with E-state index in [0.29, 0.717) is 6.04 Å². The maximum atomic E-state index is 4.36. The van der Waals surface area contributed by atoms with Gasteiger partial charge in [-0.1, -0.05) is 29.7 Å². The summed E-state index contributed by atoms with van der Waals surface area (Å²) in [5.41, 5.74) is 4.37. The second-order valence-corrected chi connectivity index (χ2v) is 6.09. The van der Waals surface area contributed by atoms with Crippen molar-refractivity contribution < 1.29 is 0 Å². The number of hydrogen-bond acceptors (Lipinski definition) is 4. The number of likely N-dealkylation sites (N-methyl/N-ethyl adjacent to an activating group) is 1. The Labute approximate surface area is 127 Å². The molecule has 2 heterocycles. The monoisotopic (exact) mass is 280 g/mol. The van der Waals surface area contributed by atoms with Gasteiger partial charge in [0, 0.05) is 31.2 Å². The van der Waals surface area contributed by atoms with Gasteiger partial charge in [0.2, 0.25) is 0 Å². The van der Waals surface area contributed by atoms with Crippen LogP contribution in [0.3, 0.4) is 0 Å². The zero-order valence-corrected chi connectivity index (χ0v) is 13.0. The van der Waals surface area contributed by atoms with Gasteiger partial charge in [-0.2, -0.15) is 10.2 Å². The molecule has 4 nitrogen and oxygen atoms in total. The van der Waals surface area contributed by atoms with Crippen molar-refractivity contribution in [2.75, 3.05) is 27.2 Å². The lowest BCUT2D eigenvalue weighted by Gasteiger charge is -2.42. The maximum Gasteiger partial charge on any atom is 0.139 e. The lowest BCUT2D eigenvalue weighted by atomic mass is 9.95. The highest BCUT2D eigenvalue weighted by Crippen LogP contribution is 2.17. The Balaban J connectivity index is 1.61. The van der Waals surface area contributed by atoms with Gasteiger partial charge in [-0.05, 0) is 26.2 Å². The molecule has 0 bridgehead atoms. The molecular formula is C16H21BN4. The first-order chi connectivity index (χ1) is 10.1. The second kappa shape index (κ2) is 5.96. The molecule has 0 radical (unpaired) electrons. The van der Waals surface area contributed by atoms with Crippen molar-refractivity contribution in [3.8, 4) is 11.3 Å². The van der Waals surface area contributed by atoms with Crippen LogP contribution in [0.1, 0.15) is 5.69 Å². The molecule has 0 amide bonds. The predicted octanol–water partition coefficient (Wildman–Crippen LogP) is 0.148. The number of hydrogen-bond donors (Lipinski definition) is 0. The lowest BCUT2D eigenvalue weighted by Crippen LogP contribution is -2.56. The Morgan fingerprint density at radius 2 is 1.81 bits per heavy atom. The maximum absolute atomic E-state index is 4.36. The smallest absolute Gasteiger partial charge is 0.139 e. The average Bonchev–Trinajstić information content (AvgIpc) is 2.43. The van der Waals surface area contributed by atoms with Crippen molar-refractivity contribution in [2.24, 2.45) is 0 Å². The number of rotatable bonds is 4. The summed E-state index contributed by atoms with van der Waals surface area (Å²) in [4.78, 5) is 4.68. The second-order valence-electron chi connectivity index (χ2n) is 6.09. The van der Waals surface area contributed by atoms with Gasteiger partial charge in [-0.3, -0.25) is 4.90 Å². The van der Waals surface area contributed by atoms with Crippen LogP contribution in [0.4, 0.5) is 0 Å². The molecule has 1 aliphatic rings. The molecule has 108 valence electrons. The Bertz CT molecular complexity index is 589. The molecule has 0 aliphatic carbocycles. The summed E-state index contributed by atoms with van der Waals surface area (Å²) in [7, 11) is 6.36. The highest BCUT2D eigenvalue weighted by atomic mass is 15.3. The molecular weight excluding hydrogens is 259 g/mol. The molecule has 0 atom stereocenters. The van der Waals surface area contributed by atoms with E-state index >= 15 is 0 Å². The molecule has 0 saturated carbocycles. The third-order valence-corrected chi connectivity index (χ3v) is 4.12. The van der Waals surface area contributed by atoms with Crippen LogP contribution in [0.2, 0.25) is 0 Å². The van der Waals surface area contributed by atoms with Gasteiger partial charge in [-0.25, -0.2) is 0 Å². The van der Waals surface area contributed by atoms with E-state index in [1.807, 2.05) is 0 Å². The highest BCUT2D eigenvalue weighted by Gasteiger charge is 2.28. The zero-order chi connectivity index (χ0) is 14.8. The Kier molecular flexibility index (Phi) is 4.04. The first-order valence-electron chi connectivity index (χ1n) is 7.40. The number of aromatic nitrogens is 2. The van der Waals surface area contributed by atoms with Gasteiger partial charge >= 0.3 is 0 Å². The lowest BCUT2D eigenvalue weighted by molar-refractivity contribution is 0.0562. The van der Waals surface area contributed by atoms with E-state index in [1.54, 1.807) is 0 Å². The molecule has 1 aliphatic heterocycles. The fourth-order valence-corrected chi connectivity index (χ4v) is 2.55. The van der Waals surface area contributed by atoms with E-state index in [-0.39, 0.29) is 0 Å². The molecule has 0 N–H and O–H groups in total. The van der Waals surface area contributed by atoms with Crippen LogP contribution in [-0.2, 0) is 6.54 Å². The van der Waals surface area contributed by atoms with E-state index in [4.69, 9.17) is 0 Å². The first-order valence-corrected chi connectivity index (χ1v) is 7.40. The van der Waals surface area contributed by atoms with Crippen LogP contribution in [0.5, 0.6) is 0 Å². The third-order valence-electron chi connectivity index (χ3n) is 4.12. The Morgan fingerprint density at radius 3 is 2.38 bits per heavy atom. The summed E-state index contributed by atoms with van der Waals surface area (Å²) in [5, 5.41) is 8.72. The van der Waals surface area contributed by atoms with Crippen LogP contribution >= 0.6 is 0 Å². The molecule has 0 spiro atoms. The Hall–Kier alpha value is -1.72. The van der Waals surface area contributed by atoms with Crippen molar-refractivity contribution in [1.82, 2.24) is 20.0 Å². The number of nitrogens with zero attached hydrogens (tertiary/aromatic N) is 4. The standard InChI is InChI=1S/C16H21BN4/c1-20(2)15-10-21(11-15)9-14-7-8-16(19-18-14)12-3-5-13(17)6-4-12/h3-8,15H,9-11,17H2,1-2H3. The summed E-state index contributed by atoms with van der Waals surface area (Å²) in [6.07, 6.45) is 0. The van der Waals surface area contributed by atoms with E-state index in [2.05, 4.69) is 78.3 Å². The predicted molar refractivity (Wildman–Crippen MR) is 88.4 cm³/mol. The van der Waals surface area contributed by atoms with Crippen molar-refractivity contribution >= 4 is 13.3 Å². The third kappa shape index (κ3) is 3.31. The van der Waals surface area contributed by atoms with Crippen LogP contribution in [0, 0.1) is 0 Å². The minimum atomic E-state index is 0.685. The topological polar surface area (TPSA) is 32.3 Å². The van der Waals surface area contributed by atoms with Gasteiger partial charge in [0.15, 0.2) is 0 Å². The molecule has 21 heavy (non-hydrogen) atoms. The fraction of sp³-hybridized carbons (Fsp3) is 0.375. The first kappa shape index (κ1) is 14.2. The normalized spacial score (nSPS) is 16.1. The van der Waals surface area contributed by atoms with Crippen LogP contribution in [-0.4, -0.2) is 61.1 Å². The molecule has 3 rings (SSSR count). The van der Waals surface area contributed by atoms with Crippen molar-refractivity contribution in [3.05, 3.63) is 42.1 Å². The minimum absolute atomic E-state index is 0.685. The number of likely N-dealkylation sites (tertiary alicyclic amines) is 1. The summed E-state index contributed by atoms with van der Waals surface area (Å²) >= 11 is 0. The summed E-state index contributed by atoms with van der Waals surface area (Å²) in [6, 6.07) is 13.2. The molecule has 2 aromatic rings. The van der Waals surface area contributed by atoms with Crippen LogP contribution in [0.25, 0.3) is 11.3 Å². The van der Waals surface area contributed by atoms with Gasteiger partial charge in [0.05, 0.1) is 11.4 Å². The minimum Gasteiger partial charge on any atom is -0.304 e. The van der Waals surface area contributed by atoms with Gasteiger partial charge < -0.3 is 4.90 Å². The molecule has 0 unspecified atom stereocenters. The van der Waals surface area contributed by atoms with Gasteiger partial charge in [-0.15, -0.1) is 0 Å². The molecule has 1 aromatic carbocycles. The SMILES string of the molecule is Bc1ccc(-c2ccc(CN3CC(N(C)C)C3)nn2)cc1. The number of benzene rings is 1. The largest absolute Gasteiger partial charge is 0.304 e.